The fourth-order valence-corrected chi connectivity index (χ4v) is 4.17. The summed E-state index contributed by atoms with van der Waals surface area (Å²) in [6, 6.07) is 15.4. The van der Waals surface area contributed by atoms with Crippen molar-refractivity contribution in [3.8, 4) is 6.07 Å². The minimum Gasteiger partial charge on any atom is -0.374 e. The van der Waals surface area contributed by atoms with E-state index in [-0.39, 0.29) is 11.8 Å². The Bertz CT molecular complexity index is 1070. The number of nitrogens with one attached hydrogen (secondary N) is 1. The second kappa shape index (κ2) is 9.40. The fraction of sp³-hybridized carbons (Fsp3) is 0.304. The Morgan fingerprint density at radius 1 is 1.23 bits per heavy atom. The van der Waals surface area contributed by atoms with Gasteiger partial charge in [-0.1, -0.05) is 23.7 Å². The fourth-order valence-electron chi connectivity index (χ4n) is 4.04. The molecule has 1 fully saturated rings. The minimum atomic E-state index is -0.748. The molecule has 0 bridgehead atoms. The van der Waals surface area contributed by atoms with E-state index in [1.54, 1.807) is 18.5 Å². The predicted octanol–water partition coefficient (Wildman–Crippen LogP) is 3.52. The van der Waals surface area contributed by atoms with Gasteiger partial charge in [-0.05, 0) is 48.7 Å². The molecule has 0 spiro atoms. The largest absolute Gasteiger partial charge is 0.374 e. The zero-order chi connectivity index (χ0) is 21.8. The molecule has 158 valence electrons. The Morgan fingerprint density at radius 3 is 2.71 bits per heavy atom. The molecule has 4 rings (SSSR count). The van der Waals surface area contributed by atoms with Gasteiger partial charge in [-0.2, -0.15) is 15.5 Å². The molecular formula is C23H23ClN6O. The van der Waals surface area contributed by atoms with Gasteiger partial charge in [0.25, 0.3) is 0 Å². The number of benzene rings is 1. The molecule has 2 N–H and O–H groups in total. The molecular weight excluding hydrogens is 412 g/mol. The summed E-state index contributed by atoms with van der Waals surface area (Å²) in [6.07, 6.45) is 2.42. The third kappa shape index (κ3) is 5.00. The number of pyridine rings is 1. The molecule has 1 aliphatic rings. The summed E-state index contributed by atoms with van der Waals surface area (Å²) in [4.78, 5) is 6.37. The topological polar surface area (TPSA) is 98.0 Å². The third-order valence-electron chi connectivity index (χ3n) is 5.65. The van der Waals surface area contributed by atoms with Crippen molar-refractivity contribution in [3.63, 3.8) is 0 Å². The van der Waals surface area contributed by atoms with Crippen LogP contribution >= 0.6 is 11.6 Å². The lowest BCUT2D eigenvalue weighted by Gasteiger charge is -2.23. The van der Waals surface area contributed by atoms with Gasteiger partial charge in [0.05, 0.1) is 17.5 Å². The average Bonchev–Trinajstić information content (AvgIpc) is 3.22. The molecule has 1 aliphatic heterocycles. The highest BCUT2D eigenvalue weighted by atomic mass is 35.5. The van der Waals surface area contributed by atoms with E-state index in [0.29, 0.717) is 30.2 Å². The van der Waals surface area contributed by atoms with Gasteiger partial charge in [0.2, 0.25) is 0 Å². The number of aliphatic hydroxyl groups is 1. The Labute approximate surface area is 186 Å². The molecule has 3 unspecified atom stereocenters. The quantitative estimate of drug-likeness (QED) is 0.612. The van der Waals surface area contributed by atoms with Gasteiger partial charge in [-0.3, -0.25) is 4.90 Å². The molecule has 7 nitrogen and oxygen atoms in total. The van der Waals surface area contributed by atoms with Crippen LogP contribution in [0.2, 0.25) is 5.02 Å². The van der Waals surface area contributed by atoms with Gasteiger partial charge in [-0.15, -0.1) is 0 Å². The Balaban J connectivity index is 1.52. The first-order valence-corrected chi connectivity index (χ1v) is 10.5. The average molecular weight is 435 g/mol. The minimum absolute atomic E-state index is 0.216. The maximum absolute atomic E-state index is 11.0. The van der Waals surface area contributed by atoms with E-state index < -0.39 is 6.23 Å². The maximum Gasteiger partial charge on any atom is 0.135 e. The van der Waals surface area contributed by atoms with E-state index in [4.69, 9.17) is 16.9 Å². The lowest BCUT2D eigenvalue weighted by molar-refractivity contribution is 0.0155. The van der Waals surface area contributed by atoms with Crippen LogP contribution in [0.5, 0.6) is 0 Å². The van der Waals surface area contributed by atoms with E-state index in [9.17, 15) is 5.11 Å². The molecule has 1 saturated heterocycles. The first-order chi connectivity index (χ1) is 15.0. The number of aromatic nitrogens is 3. The lowest BCUT2D eigenvalue weighted by atomic mass is 9.89. The molecule has 3 atom stereocenters. The second-order valence-electron chi connectivity index (χ2n) is 7.80. The van der Waals surface area contributed by atoms with E-state index in [1.165, 1.54) is 5.56 Å². The van der Waals surface area contributed by atoms with E-state index in [0.717, 1.165) is 17.1 Å². The number of hydrogen-bond donors (Lipinski definition) is 2. The van der Waals surface area contributed by atoms with Crippen LogP contribution in [0, 0.1) is 24.2 Å². The summed E-state index contributed by atoms with van der Waals surface area (Å²) in [5.74, 6) is 1.18. The normalized spacial score (nSPS) is 19.7. The summed E-state index contributed by atoms with van der Waals surface area (Å²) < 4.78 is 0. The number of aliphatic hydroxyl groups excluding tert-OH is 1. The number of hydrogen-bond acceptors (Lipinski definition) is 7. The highest BCUT2D eigenvalue weighted by Crippen LogP contribution is 2.37. The van der Waals surface area contributed by atoms with Gasteiger partial charge < -0.3 is 10.4 Å². The third-order valence-corrected chi connectivity index (χ3v) is 5.90. The van der Waals surface area contributed by atoms with Gasteiger partial charge >= 0.3 is 0 Å². The van der Waals surface area contributed by atoms with Crippen molar-refractivity contribution in [1.29, 1.82) is 5.26 Å². The number of nitrogens with zero attached hydrogens (tertiary/aromatic N) is 5. The molecule has 0 saturated carbocycles. The van der Waals surface area contributed by atoms with Crippen LogP contribution in [-0.4, -0.2) is 44.8 Å². The summed E-state index contributed by atoms with van der Waals surface area (Å²) in [5, 5.41) is 32.0. The number of halogens is 1. The van der Waals surface area contributed by atoms with E-state index in [1.807, 2.05) is 43.3 Å². The predicted molar refractivity (Wildman–Crippen MR) is 118 cm³/mol. The van der Waals surface area contributed by atoms with Gasteiger partial charge in [0.15, 0.2) is 0 Å². The maximum atomic E-state index is 11.0. The van der Waals surface area contributed by atoms with Crippen molar-refractivity contribution in [2.45, 2.75) is 19.1 Å². The highest BCUT2D eigenvalue weighted by Gasteiger charge is 2.37. The van der Waals surface area contributed by atoms with Gasteiger partial charge in [0.1, 0.15) is 18.1 Å². The van der Waals surface area contributed by atoms with Crippen LogP contribution in [0.25, 0.3) is 0 Å². The van der Waals surface area contributed by atoms with E-state index in [2.05, 4.69) is 31.5 Å². The molecule has 31 heavy (non-hydrogen) atoms. The highest BCUT2D eigenvalue weighted by molar-refractivity contribution is 6.30. The standard InChI is InChI=1S/C23H23ClN6O/c1-15-8-18(12-28-29-15)23(31)30-13-19(11-27-22-7-2-16(9-25)10-26-22)21(14-30)17-3-5-20(24)6-4-17/h2-8,10,12,19,21,23,31H,11,13-14H2,1H3,(H,26,27). The molecule has 3 aromatic rings. The molecule has 0 amide bonds. The lowest BCUT2D eigenvalue weighted by Crippen LogP contribution is -2.28. The number of anilines is 1. The summed E-state index contributed by atoms with van der Waals surface area (Å²) in [6.45, 7) is 3.96. The van der Waals surface area contributed by atoms with Crippen molar-refractivity contribution in [2.24, 2.45) is 5.92 Å². The van der Waals surface area contributed by atoms with Crippen LogP contribution in [0.1, 0.15) is 34.5 Å². The summed E-state index contributed by atoms with van der Waals surface area (Å²) in [7, 11) is 0. The molecule has 1 aromatic carbocycles. The zero-order valence-electron chi connectivity index (χ0n) is 17.1. The number of nitriles is 1. The SMILES string of the molecule is Cc1cc(C(O)N2CC(CNc3ccc(C#N)cn3)C(c3ccc(Cl)cc3)C2)cnn1. The first-order valence-electron chi connectivity index (χ1n) is 10.1. The molecule has 3 heterocycles. The number of aryl methyl sites for hydroxylation is 1. The van der Waals surface area contributed by atoms with Crippen LogP contribution < -0.4 is 5.32 Å². The Kier molecular flexibility index (Phi) is 6.42. The van der Waals surface area contributed by atoms with Crippen molar-refractivity contribution in [1.82, 2.24) is 20.1 Å². The van der Waals surface area contributed by atoms with Crippen LogP contribution in [-0.2, 0) is 0 Å². The van der Waals surface area contributed by atoms with Crippen molar-refractivity contribution < 1.29 is 5.11 Å². The zero-order valence-corrected chi connectivity index (χ0v) is 17.9. The Morgan fingerprint density at radius 2 is 2.03 bits per heavy atom. The van der Waals surface area contributed by atoms with Crippen molar-refractivity contribution in [3.05, 3.63) is 82.3 Å². The van der Waals surface area contributed by atoms with Crippen LogP contribution in [0.3, 0.4) is 0 Å². The first kappa shape index (κ1) is 21.2. The summed E-state index contributed by atoms with van der Waals surface area (Å²) >= 11 is 6.09. The number of rotatable bonds is 6. The van der Waals surface area contributed by atoms with Crippen molar-refractivity contribution >= 4 is 17.4 Å². The molecule has 8 heteroatoms. The van der Waals surface area contributed by atoms with Gasteiger partial charge in [-0.25, -0.2) is 4.98 Å². The summed E-state index contributed by atoms with van der Waals surface area (Å²) in [5.41, 5.74) is 3.23. The monoisotopic (exact) mass is 434 g/mol. The Hall–Kier alpha value is -3.05. The molecule has 2 aromatic heterocycles. The smallest absolute Gasteiger partial charge is 0.135 e. The molecule has 0 radical (unpaired) electrons. The second-order valence-corrected chi connectivity index (χ2v) is 8.24. The van der Waals surface area contributed by atoms with Crippen molar-refractivity contribution in [2.75, 3.05) is 25.0 Å². The van der Waals surface area contributed by atoms with E-state index >= 15 is 0 Å². The molecule has 0 aliphatic carbocycles. The van der Waals surface area contributed by atoms with Crippen LogP contribution in [0.15, 0.2) is 54.9 Å². The number of likely N-dealkylation sites (tertiary alicyclic amines) is 1. The van der Waals surface area contributed by atoms with Gasteiger partial charge in [0, 0.05) is 42.3 Å². The van der Waals surface area contributed by atoms with Crippen LogP contribution in [0.4, 0.5) is 5.82 Å².